The molecule has 18 heavy (non-hydrogen) atoms. The van der Waals surface area contributed by atoms with Crippen molar-refractivity contribution in [3.8, 4) is 0 Å². The zero-order valence-corrected chi connectivity index (χ0v) is 12.1. The molecule has 1 fully saturated rings. The molecular formula is C13H18ClN3S. The topological polar surface area (TPSA) is 18.5 Å². The fourth-order valence-electron chi connectivity index (χ4n) is 2.16. The van der Waals surface area contributed by atoms with Crippen LogP contribution in [0.5, 0.6) is 0 Å². The van der Waals surface area contributed by atoms with Crippen LogP contribution in [-0.2, 0) is 6.54 Å². The summed E-state index contributed by atoms with van der Waals surface area (Å²) in [6.45, 7) is 5.00. The van der Waals surface area contributed by atoms with E-state index in [1.165, 1.54) is 5.56 Å². The maximum Gasteiger partial charge on any atom is 0.168 e. The van der Waals surface area contributed by atoms with Crippen LogP contribution in [-0.4, -0.2) is 48.1 Å². The van der Waals surface area contributed by atoms with Crippen molar-refractivity contribution in [3.05, 3.63) is 34.9 Å². The highest BCUT2D eigenvalue weighted by Gasteiger charge is 2.18. The van der Waals surface area contributed by atoms with Gasteiger partial charge in [0.2, 0.25) is 0 Å². The molecule has 1 N–H and O–H groups in total. The lowest BCUT2D eigenvalue weighted by Gasteiger charge is -2.35. The Kier molecular flexibility index (Phi) is 4.80. The second-order valence-corrected chi connectivity index (χ2v) is 5.27. The van der Waals surface area contributed by atoms with Crippen LogP contribution in [0.4, 0.5) is 0 Å². The number of nitrogens with one attached hydrogen (secondary N) is 1. The first kappa shape index (κ1) is 13.6. The number of nitrogens with zero attached hydrogens (tertiary/aromatic N) is 2. The van der Waals surface area contributed by atoms with E-state index in [1.54, 1.807) is 0 Å². The zero-order valence-electron chi connectivity index (χ0n) is 10.5. The van der Waals surface area contributed by atoms with Gasteiger partial charge in [0.15, 0.2) is 5.11 Å². The van der Waals surface area contributed by atoms with Gasteiger partial charge in [-0.3, -0.25) is 4.90 Å². The monoisotopic (exact) mass is 283 g/mol. The third kappa shape index (κ3) is 3.57. The Labute approximate surface area is 119 Å². The van der Waals surface area contributed by atoms with Gasteiger partial charge in [-0.05, 0) is 29.9 Å². The third-order valence-corrected chi connectivity index (χ3v) is 3.87. The number of benzene rings is 1. The summed E-state index contributed by atoms with van der Waals surface area (Å²) in [6.07, 6.45) is 0. The molecule has 0 unspecified atom stereocenters. The lowest BCUT2D eigenvalue weighted by atomic mass is 10.2. The normalized spacial score (nSPS) is 16.7. The fraction of sp³-hybridized carbons (Fsp3) is 0.462. The second-order valence-electron chi connectivity index (χ2n) is 4.45. The van der Waals surface area contributed by atoms with Gasteiger partial charge in [-0.25, -0.2) is 0 Å². The van der Waals surface area contributed by atoms with E-state index in [-0.39, 0.29) is 0 Å². The van der Waals surface area contributed by atoms with Crippen LogP contribution in [0.1, 0.15) is 5.56 Å². The van der Waals surface area contributed by atoms with Gasteiger partial charge in [-0.1, -0.05) is 23.7 Å². The molecule has 0 bridgehead atoms. The molecular weight excluding hydrogens is 266 g/mol. The summed E-state index contributed by atoms with van der Waals surface area (Å²) in [7, 11) is 1.88. The Balaban J connectivity index is 1.85. The molecule has 0 spiro atoms. The van der Waals surface area contributed by atoms with Crippen molar-refractivity contribution >= 4 is 28.9 Å². The number of hydrogen-bond donors (Lipinski definition) is 1. The lowest BCUT2D eigenvalue weighted by Crippen LogP contribution is -2.50. The van der Waals surface area contributed by atoms with Gasteiger partial charge in [-0.15, -0.1) is 0 Å². The summed E-state index contributed by atoms with van der Waals surface area (Å²) < 4.78 is 0. The van der Waals surface area contributed by atoms with Crippen molar-refractivity contribution in [1.82, 2.24) is 15.1 Å². The second kappa shape index (κ2) is 6.36. The van der Waals surface area contributed by atoms with Gasteiger partial charge in [0.05, 0.1) is 0 Å². The minimum atomic E-state index is 0.808. The van der Waals surface area contributed by atoms with Crippen molar-refractivity contribution in [2.24, 2.45) is 0 Å². The van der Waals surface area contributed by atoms with Crippen LogP contribution in [0.15, 0.2) is 24.3 Å². The molecule has 0 aromatic heterocycles. The molecule has 0 saturated carbocycles. The molecule has 5 heteroatoms. The molecule has 2 rings (SSSR count). The quantitative estimate of drug-likeness (QED) is 0.836. The summed E-state index contributed by atoms with van der Waals surface area (Å²) in [5, 5.41) is 4.68. The summed E-state index contributed by atoms with van der Waals surface area (Å²) in [6, 6.07) is 8.07. The Morgan fingerprint density at radius 2 is 2.06 bits per heavy atom. The van der Waals surface area contributed by atoms with Gasteiger partial charge in [-0.2, -0.15) is 0 Å². The van der Waals surface area contributed by atoms with Crippen molar-refractivity contribution < 1.29 is 0 Å². The summed E-state index contributed by atoms with van der Waals surface area (Å²) in [5.41, 5.74) is 1.27. The highest BCUT2D eigenvalue weighted by molar-refractivity contribution is 7.80. The van der Waals surface area contributed by atoms with Crippen LogP contribution in [0.3, 0.4) is 0 Å². The Morgan fingerprint density at radius 1 is 1.33 bits per heavy atom. The van der Waals surface area contributed by atoms with Crippen LogP contribution in [0, 0.1) is 0 Å². The summed E-state index contributed by atoms with van der Waals surface area (Å²) in [4.78, 5) is 4.64. The standard InChI is InChI=1S/C13H18ClN3S/c1-15-13(18)17-7-5-16(6-8-17)10-11-3-2-4-12(14)9-11/h2-4,9H,5-8,10H2,1H3,(H,15,18). The highest BCUT2D eigenvalue weighted by atomic mass is 35.5. The van der Waals surface area contributed by atoms with E-state index in [0.717, 1.165) is 42.9 Å². The van der Waals surface area contributed by atoms with Crippen molar-refractivity contribution in [3.63, 3.8) is 0 Å². The first-order valence-corrected chi connectivity index (χ1v) is 6.91. The predicted molar refractivity (Wildman–Crippen MR) is 80.0 cm³/mol. The maximum absolute atomic E-state index is 5.99. The zero-order chi connectivity index (χ0) is 13.0. The summed E-state index contributed by atoms with van der Waals surface area (Å²) >= 11 is 11.2. The smallest absolute Gasteiger partial charge is 0.168 e. The van der Waals surface area contributed by atoms with E-state index in [0.29, 0.717) is 0 Å². The lowest BCUT2D eigenvalue weighted by molar-refractivity contribution is 0.175. The first-order valence-electron chi connectivity index (χ1n) is 6.12. The maximum atomic E-state index is 5.99. The van der Waals surface area contributed by atoms with Crippen LogP contribution in [0.2, 0.25) is 5.02 Å². The molecule has 3 nitrogen and oxygen atoms in total. The van der Waals surface area contributed by atoms with E-state index in [2.05, 4.69) is 21.2 Å². The number of hydrogen-bond acceptors (Lipinski definition) is 2. The van der Waals surface area contributed by atoms with E-state index in [4.69, 9.17) is 23.8 Å². The third-order valence-electron chi connectivity index (χ3n) is 3.17. The molecule has 1 aromatic carbocycles. The molecule has 1 aliphatic heterocycles. The van der Waals surface area contributed by atoms with Crippen LogP contribution >= 0.6 is 23.8 Å². The Bertz CT molecular complexity index is 416. The Morgan fingerprint density at radius 3 is 2.67 bits per heavy atom. The van der Waals surface area contributed by atoms with Gasteiger partial charge < -0.3 is 10.2 Å². The van der Waals surface area contributed by atoms with Crippen molar-refractivity contribution in [2.75, 3.05) is 33.2 Å². The molecule has 0 radical (unpaired) electrons. The largest absolute Gasteiger partial charge is 0.366 e. The molecule has 0 aliphatic carbocycles. The first-order chi connectivity index (χ1) is 8.69. The molecule has 0 amide bonds. The van der Waals surface area contributed by atoms with Gasteiger partial charge in [0.1, 0.15) is 0 Å². The SMILES string of the molecule is CNC(=S)N1CCN(Cc2cccc(Cl)c2)CC1. The van der Waals surface area contributed by atoms with E-state index < -0.39 is 0 Å². The van der Waals surface area contributed by atoms with Gasteiger partial charge in [0.25, 0.3) is 0 Å². The number of rotatable bonds is 2. The minimum absolute atomic E-state index is 0.808. The molecule has 1 heterocycles. The highest BCUT2D eigenvalue weighted by Crippen LogP contribution is 2.13. The van der Waals surface area contributed by atoms with Crippen LogP contribution < -0.4 is 5.32 Å². The molecule has 98 valence electrons. The van der Waals surface area contributed by atoms with Crippen molar-refractivity contribution in [2.45, 2.75) is 6.54 Å². The average molecular weight is 284 g/mol. The molecule has 1 saturated heterocycles. The van der Waals surface area contributed by atoms with E-state index in [1.807, 2.05) is 25.2 Å². The average Bonchev–Trinajstić information content (AvgIpc) is 2.39. The summed E-state index contributed by atoms with van der Waals surface area (Å²) in [5.74, 6) is 0. The van der Waals surface area contributed by atoms with Gasteiger partial charge in [0, 0.05) is 44.8 Å². The number of piperazine rings is 1. The van der Waals surface area contributed by atoms with Crippen LogP contribution in [0.25, 0.3) is 0 Å². The molecule has 1 aromatic rings. The fourth-order valence-corrected chi connectivity index (χ4v) is 2.56. The molecule has 1 aliphatic rings. The van der Waals surface area contributed by atoms with Gasteiger partial charge >= 0.3 is 0 Å². The number of halogens is 1. The Hall–Kier alpha value is -0.840. The predicted octanol–water partition coefficient (Wildman–Crippen LogP) is 1.96. The van der Waals surface area contributed by atoms with E-state index >= 15 is 0 Å². The molecule has 0 atom stereocenters. The minimum Gasteiger partial charge on any atom is -0.366 e. The van der Waals surface area contributed by atoms with Crippen molar-refractivity contribution in [1.29, 1.82) is 0 Å². The number of thiocarbonyl (C=S) groups is 1. The van der Waals surface area contributed by atoms with E-state index in [9.17, 15) is 0 Å².